The Hall–Kier alpha value is -1.88. The van der Waals surface area contributed by atoms with Crippen LogP contribution in [0.15, 0.2) is 80.2 Å². The van der Waals surface area contributed by atoms with Gasteiger partial charge in [0.25, 0.3) is 0 Å². The van der Waals surface area contributed by atoms with Crippen LogP contribution in [0.1, 0.15) is 10.4 Å². The molecule has 0 amide bonds. The zero-order valence-electron chi connectivity index (χ0n) is 13.3. The number of ether oxygens (including phenoxy) is 1. The minimum Gasteiger partial charge on any atom is -0.465 e. The lowest BCUT2D eigenvalue weighted by Gasteiger charge is -2.19. The summed E-state index contributed by atoms with van der Waals surface area (Å²) in [5.74, 6) is -0.386. The smallest absolute Gasteiger partial charge is 0.338 e. The molecule has 0 bridgehead atoms. The highest BCUT2D eigenvalue weighted by molar-refractivity contribution is 8.05. The van der Waals surface area contributed by atoms with Crippen molar-refractivity contribution < 1.29 is 9.53 Å². The highest BCUT2D eigenvalue weighted by Gasteiger charge is 2.19. The zero-order valence-corrected chi connectivity index (χ0v) is 15.7. The van der Waals surface area contributed by atoms with Crippen molar-refractivity contribution >= 4 is 41.1 Å². The third kappa shape index (κ3) is 3.17. The maximum atomic E-state index is 12.1. The Bertz CT molecular complexity index is 985. The van der Waals surface area contributed by atoms with E-state index in [2.05, 4.69) is 36.4 Å². The van der Waals surface area contributed by atoms with Crippen LogP contribution in [-0.4, -0.2) is 13.1 Å². The molecule has 124 valence electrons. The second-order valence-electron chi connectivity index (χ2n) is 5.49. The second-order valence-corrected chi connectivity index (χ2v) is 8.10. The van der Waals surface area contributed by atoms with E-state index in [-0.39, 0.29) is 5.97 Å². The number of methoxy groups -OCH3 is 1. The van der Waals surface area contributed by atoms with Crippen LogP contribution < -0.4 is 0 Å². The van der Waals surface area contributed by atoms with Gasteiger partial charge >= 0.3 is 5.97 Å². The van der Waals surface area contributed by atoms with Gasteiger partial charge in [-0.05, 0) is 47.5 Å². The summed E-state index contributed by atoms with van der Waals surface area (Å²) in [5, 5.41) is 0.515. The van der Waals surface area contributed by atoms with Gasteiger partial charge in [-0.3, -0.25) is 0 Å². The zero-order chi connectivity index (χ0) is 17.4. The maximum Gasteiger partial charge on any atom is 0.338 e. The van der Waals surface area contributed by atoms with Gasteiger partial charge in [-0.1, -0.05) is 59.4 Å². The number of fused-ring (bicyclic) bond motifs is 2. The van der Waals surface area contributed by atoms with E-state index in [1.807, 2.05) is 12.1 Å². The molecule has 25 heavy (non-hydrogen) atoms. The first-order valence-corrected chi connectivity index (χ1v) is 9.64. The Morgan fingerprint density at radius 1 is 0.880 bits per heavy atom. The number of esters is 1. The molecule has 0 fully saturated rings. The molecule has 1 aliphatic heterocycles. The van der Waals surface area contributed by atoms with E-state index in [9.17, 15) is 4.79 Å². The summed E-state index contributed by atoms with van der Waals surface area (Å²) in [5.41, 5.74) is 2.27. The summed E-state index contributed by atoms with van der Waals surface area (Å²) in [7, 11) is 1.38. The van der Waals surface area contributed by atoms with Crippen LogP contribution in [0.4, 0.5) is 0 Å². The number of hydrogen-bond donors (Lipinski definition) is 0. The number of rotatable bonds is 2. The first kappa shape index (κ1) is 16.6. The van der Waals surface area contributed by atoms with Gasteiger partial charge in [-0.25, -0.2) is 4.79 Å². The molecule has 0 radical (unpaired) electrons. The van der Waals surface area contributed by atoms with E-state index in [4.69, 9.17) is 16.3 Å². The first-order chi connectivity index (χ1) is 12.2. The van der Waals surface area contributed by atoms with Crippen LogP contribution in [-0.2, 0) is 4.74 Å². The van der Waals surface area contributed by atoms with Crippen molar-refractivity contribution in [2.45, 2.75) is 19.6 Å². The molecule has 0 aliphatic carbocycles. The number of carbonyl (C=O) groups excluding carboxylic acids is 1. The summed E-state index contributed by atoms with van der Waals surface area (Å²) in [6.45, 7) is 0. The lowest BCUT2D eigenvalue weighted by Crippen LogP contribution is -2.03. The fourth-order valence-corrected chi connectivity index (χ4v) is 5.17. The molecule has 2 nitrogen and oxygen atoms in total. The first-order valence-electron chi connectivity index (χ1n) is 7.63. The number of benzene rings is 3. The van der Waals surface area contributed by atoms with Crippen LogP contribution in [0.25, 0.3) is 11.1 Å². The van der Waals surface area contributed by atoms with Gasteiger partial charge in [0.2, 0.25) is 0 Å². The summed E-state index contributed by atoms with van der Waals surface area (Å²) in [6.07, 6.45) is 0. The van der Waals surface area contributed by atoms with Crippen LogP contribution >= 0.6 is 35.1 Å². The topological polar surface area (TPSA) is 26.3 Å². The molecule has 3 aromatic rings. The highest BCUT2D eigenvalue weighted by atomic mass is 35.5. The Morgan fingerprint density at radius 3 is 2.28 bits per heavy atom. The molecule has 0 unspecified atom stereocenters. The molecule has 3 aromatic carbocycles. The minimum absolute atomic E-state index is 0.386. The third-order valence-corrected chi connectivity index (χ3v) is 6.71. The van der Waals surface area contributed by atoms with E-state index in [1.54, 1.807) is 35.7 Å². The van der Waals surface area contributed by atoms with Crippen LogP contribution in [0.3, 0.4) is 0 Å². The van der Waals surface area contributed by atoms with Gasteiger partial charge in [-0.15, -0.1) is 0 Å². The quantitative estimate of drug-likeness (QED) is 0.373. The molecule has 1 aliphatic rings. The monoisotopic (exact) mass is 384 g/mol. The molecule has 4 rings (SSSR count). The van der Waals surface area contributed by atoms with E-state index < -0.39 is 0 Å². The molecular formula is C20H13ClO2S2. The molecular weight excluding hydrogens is 372 g/mol. The van der Waals surface area contributed by atoms with Crippen molar-refractivity contribution in [2.24, 2.45) is 0 Å². The molecule has 0 atom stereocenters. The fourth-order valence-electron chi connectivity index (χ4n) is 2.74. The number of halogens is 1. The Morgan fingerprint density at radius 2 is 1.56 bits per heavy atom. The highest BCUT2D eigenvalue weighted by Crippen LogP contribution is 2.49. The van der Waals surface area contributed by atoms with Crippen molar-refractivity contribution in [2.75, 3.05) is 7.11 Å². The second kappa shape index (κ2) is 6.79. The summed E-state index contributed by atoms with van der Waals surface area (Å²) >= 11 is 9.58. The van der Waals surface area contributed by atoms with Crippen molar-refractivity contribution in [3.8, 4) is 11.1 Å². The van der Waals surface area contributed by atoms with E-state index in [0.29, 0.717) is 10.6 Å². The van der Waals surface area contributed by atoms with Crippen molar-refractivity contribution in [3.63, 3.8) is 0 Å². The molecule has 0 aromatic heterocycles. The largest absolute Gasteiger partial charge is 0.465 e. The summed E-state index contributed by atoms with van der Waals surface area (Å²) in [4.78, 5) is 17.1. The standard InChI is InChI=1S/C20H13ClO2S2/c1-23-20(22)15-11-13(21)7-8-14(15)12-6-9-18-19(10-12)25-17-5-3-2-4-16(17)24-18/h2-11H,1H3. The van der Waals surface area contributed by atoms with Crippen LogP contribution in [0.2, 0.25) is 5.02 Å². The summed E-state index contributed by atoms with van der Waals surface area (Å²) < 4.78 is 4.91. The van der Waals surface area contributed by atoms with Gasteiger partial charge < -0.3 is 4.74 Å². The van der Waals surface area contributed by atoms with Crippen molar-refractivity contribution in [1.82, 2.24) is 0 Å². The van der Waals surface area contributed by atoms with Gasteiger partial charge in [0.1, 0.15) is 0 Å². The molecule has 0 N–H and O–H groups in total. The molecule has 5 heteroatoms. The molecule has 0 saturated carbocycles. The average molecular weight is 385 g/mol. The number of hydrogen-bond acceptors (Lipinski definition) is 4. The Kier molecular flexibility index (Phi) is 4.50. The lowest BCUT2D eigenvalue weighted by atomic mass is 10.00. The Labute approximate surface area is 159 Å². The van der Waals surface area contributed by atoms with Crippen molar-refractivity contribution in [1.29, 1.82) is 0 Å². The van der Waals surface area contributed by atoms with Gasteiger partial charge in [0.15, 0.2) is 0 Å². The fraction of sp³-hybridized carbons (Fsp3) is 0.0500. The van der Waals surface area contributed by atoms with Gasteiger partial charge in [0.05, 0.1) is 12.7 Å². The minimum atomic E-state index is -0.386. The average Bonchev–Trinajstić information content (AvgIpc) is 2.65. The normalized spacial score (nSPS) is 12.2. The molecule has 0 spiro atoms. The van der Waals surface area contributed by atoms with Gasteiger partial charge in [-0.2, -0.15) is 0 Å². The van der Waals surface area contributed by atoms with Gasteiger partial charge in [0, 0.05) is 24.6 Å². The van der Waals surface area contributed by atoms with E-state index in [1.165, 1.54) is 26.7 Å². The lowest BCUT2D eigenvalue weighted by molar-refractivity contribution is 0.0601. The SMILES string of the molecule is COC(=O)c1cc(Cl)ccc1-c1ccc2c(c1)Sc1ccccc1S2. The van der Waals surface area contributed by atoms with E-state index >= 15 is 0 Å². The molecule has 0 saturated heterocycles. The number of carbonyl (C=O) groups is 1. The van der Waals surface area contributed by atoms with Crippen LogP contribution in [0.5, 0.6) is 0 Å². The van der Waals surface area contributed by atoms with Crippen molar-refractivity contribution in [3.05, 3.63) is 71.2 Å². The maximum absolute atomic E-state index is 12.1. The predicted molar refractivity (Wildman–Crippen MR) is 103 cm³/mol. The predicted octanol–water partition coefficient (Wildman–Crippen LogP) is 6.41. The molecule has 1 heterocycles. The van der Waals surface area contributed by atoms with E-state index in [0.717, 1.165) is 11.1 Å². The Balaban J connectivity index is 1.79. The third-order valence-electron chi connectivity index (χ3n) is 3.93. The van der Waals surface area contributed by atoms with Crippen LogP contribution in [0, 0.1) is 0 Å². The summed E-state index contributed by atoms with van der Waals surface area (Å²) in [6, 6.07) is 20.0.